The first-order valence-electron chi connectivity index (χ1n) is 7.34. The van der Waals surface area contributed by atoms with E-state index < -0.39 is 0 Å². The zero-order valence-corrected chi connectivity index (χ0v) is 15.8. The highest BCUT2D eigenvalue weighted by atomic mass is 35.5. The van der Waals surface area contributed by atoms with E-state index in [0.717, 1.165) is 31.6 Å². The molecule has 0 spiro atoms. The van der Waals surface area contributed by atoms with E-state index in [4.69, 9.17) is 16.1 Å². The van der Waals surface area contributed by atoms with Crippen LogP contribution in [0.4, 0.5) is 10.8 Å². The molecular weight excluding hydrogens is 366 g/mol. The van der Waals surface area contributed by atoms with Crippen molar-refractivity contribution in [3.05, 3.63) is 40.5 Å². The Balaban J connectivity index is 1.62. The van der Waals surface area contributed by atoms with E-state index in [0.29, 0.717) is 11.6 Å². The number of nitrogens with one attached hydrogen (secondary N) is 1. The van der Waals surface area contributed by atoms with Crippen molar-refractivity contribution in [1.82, 2.24) is 20.3 Å². The molecular formula is C15H16ClN5OS2. The van der Waals surface area contributed by atoms with Gasteiger partial charge in [0.2, 0.25) is 11.0 Å². The third-order valence-corrected chi connectivity index (χ3v) is 5.60. The minimum absolute atomic E-state index is 0.255. The van der Waals surface area contributed by atoms with Crippen molar-refractivity contribution in [3.8, 4) is 0 Å². The van der Waals surface area contributed by atoms with Crippen molar-refractivity contribution in [1.29, 1.82) is 0 Å². The fraction of sp³-hybridized carbons (Fsp3) is 0.333. The molecule has 2 heterocycles. The van der Waals surface area contributed by atoms with Crippen LogP contribution in [0.1, 0.15) is 37.0 Å². The van der Waals surface area contributed by atoms with Gasteiger partial charge < -0.3 is 9.84 Å². The molecule has 3 rings (SSSR count). The predicted molar refractivity (Wildman–Crippen MR) is 97.3 cm³/mol. The number of hydrogen-bond donors (Lipinski definition) is 1. The molecule has 0 fully saturated rings. The summed E-state index contributed by atoms with van der Waals surface area (Å²) in [7, 11) is 0. The molecule has 3 aromatic rings. The number of aromatic nitrogens is 4. The van der Waals surface area contributed by atoms with Gasteiger partial charge in [0.15, 0.2) is 10.2 Å². The molecule has 0 saturated heterocycles. The minimum Gasteiger partial charge on any atom is -0.338 e. The SMILES string of the molecule is Cc1c(Cl)cccc1Nc1nnc(SCc2nc(C(C)C)no2)s1. The van der Waals surface area contributed by atoms with Crippen LogP contribution in [-0.4, -0.2) is 20.3 Å². The van der Waals surface area contributed by atoms with E-state index in [1.54, 1.807) is 0 Å². The molecule has 9 heteroatoms. The van der Waals surface area contributed by atoms with Gasteiger partial charge in [-0.1, -0.05) is 59.8 Å². The summed E-state index contributed by atoms with van der Waals surface area (Å²) >= 11 is 9.12. The van der Waals surface area contributed by atoms with Crippen LogP contribution >= 0.6 is 34.7 Å². The molecule has 1 N–H and O–H groups in total. The molecule has 1 aromatic carbocycles. The van der Waals surface area contributed by atoms with Gasteiger partial charge in [0.05, 0.1) is 5.75 Å². The molecule has 0 aliphatic rings. The standard InChI is InChI=1S/C15H16ClN5OS2/c1-8(2)13-18-12(22-21-13)7-23-15-20-19-14(24-15)17-11-6-4-5-10(16)9(11)3/h4-6,8H,7H2,1-3H3,(H,17,19). The maximum atomic E-state index is 6.13. The van der Waals surface area contributed by atoms with Gasteiger partial charge >= 0.3 is 0 Å². The lowest BCUT2D eigenvalue weighted by molar-refractivity contribution is 0.383. The van der Waals surface area contributed by atoms with Crippen LogP contribution in [0.2, 0.25) is 5.02 Å². The molecule has 6 nitrogen and oxygen atoms in total. The van der Waals surface area contributed by atoms with Crippen molar-refractivity contribution in [2.75, 3.05) is 5.32 Å². The molecule has 24 heavy (non-hydrogen) atoms. The maximum Gasteiger partial charge on any atom is 0.237 e. The highest BCUT2D eigenvalue weighted by Crippen LogP contribution is 2.31. The Morgan fingerprint density at radius 1 is 1.33 bits per heavy atom. The van der Waals surface area contributed by atoms with Crippen LogP contribution < -0.4 is 5.32 Å². The first kappa shape index (κ1) is 17.2. The lowest BCUT2D eigenvalue weighted by Crippen LogP contribution is -1.92. The minimum atomic E-state index is 0.255. The topological polar surface area (TPSA) is 76.7 Å². The number of halogens is 1. The second-order valence-electron chi connectivity index (χ2n) is 5.40. The van der Waals surface area contributed by atoms with Crippen LogP contribution in [0.25, 0.3) is 0 Å². The average molecular weight is 382 g/mol. The number of thioether (sulfide) groups is 1. The zero-order chi connectivity index (χ0) is 17.1. The van der Waals surface area contributed by atoms with Gasteiger partial charge in [-0.2, -0.15) is 4.98 Å². The van der Waals surface area contributed by atoms with E-state index in [2.05, 4.69) is 25.7 Å². The summed E-state index contributed by atoms with van der Waals surface area (Å²) < 4.78 is 6.06. The number of anilines is 2. The quantitative estimate of drug-likeness (QED) is 0.599. The summed E-state index contributed by atoms with van der Waals surface area (Å²) in [6, 6.07) is 5.72. The second kappa shape index (κ2) is 7.50. The van der Waals surface area contributed by atoms with Gasteiger partial charge in [0.25, 0.3) is 0 Å². The summed E-state index contributed by atoms with van der Waals surface area (Å²) in [5, 5.41) is 17.0. The summed E-state index contributed by atoms with van der Waals surface area (Å²) in [5.74, 6) is 2.15. The molecule has 126 valence electrons. The van der Waals surface area contributed by atoms with Crippen molar-refractivity contribution in [2.24, 2.45) is 0 Å². The first-order valence-corrected chi connectivity index (χ1v) is 9.52. The predicted octanol–water partition coefficient (Wildman–Crippen LogP) is 5.04. The highest BCUT2D eigenvalue weighted by molar-refractivity contribution is 8.00. The van der Waals surface area contributed by atoms with E-state index in [-0.39, 0.29) is 5.92 Å². The highest BCUT2D eigenvalue weighted by Gasteiger charge is 2.12. The Labute approximate surface area is 153 Å². The summed E-state index contributed by atoms with van der Waals surface area (Å²) in [5.41, 5.74) is 1.91. The normalized spacial score (nSPS) is 11.2. The number of benzene rings is 1. The Morgan fingerprint density at radius 3 is 2.92 bits per heavy atom. The fourth-order valence-corrected chi connectivity index (χ4v) is 3.64. The molecule has 2 aromatic heterocycles. The Bertz CT molecular complexity index is 833. The lowest BCUT2D eigenvalue weighted by Gasteiger charge is -2.06. The molecule has 0 atom stereocenters. The molecule has 0 bridgehead atoms. The maximum absolute atomic E-state index is 6.13. The van der Waals surface area contributed by atoms with Crippen LogP contribution in [0.3, 0.4) is 0 Å². The monoisotopic (exact) mass is 381 g/mol. The van der Waals surface area contributed by atoms with Gasteiger partial charge in [0, 0.05) is 16.6 Å². The second-order valence-corrected chi connectivity index (χ2v) is 8.01. The fourth-order valence-electron chi connectivity index (χ4n) is 1.86. The van der Waals surface area contributed by atoms with Crippen molar-refractivity contribution < 1.29 is 4.52 Å². The largest absolute Gasteiger partial charge is 0.338 e. The van der Waals surface area contributed by atoms with Gasteiger partial charge in [-0.25, -0.2) is 0 Å². The molecule has 0 aliphatic heterocycles. The number of nitrogens with zero attached hydrogens (tertiary/aromatic N) is 4. The average Bonchev–Trinajstić information content (AvgIpc) is 3.19. The van der Waals surface area contributed by atoms with Gasteiger partial charge in [-0.05, 0) is 24.6 Å². The first-order chi connectivity index (χ1) is 11.5. The van der Waals surface area contributed by atoms with E-state index >= 15 is 0 Å². The van der Waals surface area contributed by atoms with Crippen molar-refractivity contribution >= 4 is 45.5 Å². The van der Waals surface area contributed by atoms with E-state index in [1.807, 2.05) is 39.0 Å². The Morgan fingerprint density at radius 2 is 2.17 bits per heavy atom. The van der Waals surface area contributed by atoms with Crippen LogP contribution in [0, 0.1) is 6.92 Å². The molecule has 0 radical (unpaired) electrons. The number of hydrogen-bond acceptors (Lipinski definition) is 8. The molecule has 0 saturated carbocycles. The molecule has 0 aliphatic carbocycles. The Kier molecular flexibility index (Phi) is 5.37. The zero-order valence-electron chi connectivity index (χ0n) is 13.4. The van der Waals surface area contributed by atoms with Crippen LogP contribution in [0.15, 0.2) is 27.1 Å². The molecule has 0 amide bonds. The van der Waals surface area contributed by atoms with Gasteiger partial charge in [-0.3, -0.25) is 0 Å². The summed E-state index contributed by atoms with van der Waals surface area (Å²) in [6.07, 6.45) is 0. The summed E-state index contributed by atoms with van der Waals surface area (Å²) in [4.78, 5) is 4.35. The third kappa shape index (κ3) is 4.06. The summed E-state index contributed by atoms with van der Waals surface area (Å²) in [6.45, 7) is 6.02. The third-order valence-electron chi connectivity index (χ3n) is 3.24. The van der Waals surface area contributed by atoms with Gasteiger partial charge in [-0.15, -0.1) is 10.2 Å². The van der Waals surface area contributed by atoms with E-state index in [9.17, 15) is 0 Å². The van der Waals surface area contributed by atoms with E-state index in [1.165, 1.54) is 23.1 Å². The smallest absolute Gasteiger partial charge is 0.237 e. The molecule has 0 unspecified atom stereocenters. The number of rotatable bonds is 6. The lowest BCUT2D eigenvalue weighted by atomic mass is 10.2. The van der Waals surface area contributed by atoms with Gasteiger partial charge in [0.1, 0.15) is 0 Å². The van der Waals surface area contributed by atoms with Crippen molar-refractivity contribution in [2.45, 2.75) is 36.8 Å². The van der Waals surface area contributed by atoms with Crippen LogP contribution in [0.5, 0.6) is 0 Å². The van der Waals surface area contributed by atoms with Crippen molar-refractivity contribution in [3.63, 3.8) is 0 Å². The Hall–Kier alpha value is -1.64. The van der Waals surface area contributed by atoms with Crippen LogP contribution in [-0.2, 0) is 5.75 Å².